The van der Waals surface area contributed by atoms with Crippen LogP contribution >= 0.6 is 11.6 Å². The molecule has 2 heterocycles. The number of aromatic nitrogens is 1. The molecule has 1 unspecified atom stereocenters. The lowest BCUT2D eigenvalue weighted by Crippen LogP contribution is -2.51. The summed E-state index contributed by atoms with van der Waals surface area (Å²) in [5.74, 6) is -1.48. The zero-order chi connectivity index (χ0) is 24.2. The van der Waals surface area contributed by atoms with Crippen molar-refractivity contribution in [2.45, 2.75) is 50.2 Å². The van der Waals surface area contributed by atoms with Gasteiger partial charge < -0.3 is 9.30 Å². The number of carbonyl (C=O) groups is 1. The van der Waals surface area contributed by atoms with Crippen molar-refractivity contribution < 1.29 is 27.2 Å². The fourth-order valence-electron chi connectivity index (χ4n) is 3.42. The Labute approximate surface area is 196 Å². The van der Waals surface area contributed by atoms with E-state index in [1.54, 1.807) is 6.07 Å². The summed E-state index contributed by atoms with van der Waals surface area (Å²) in [5.41, 5.74) is 2.24. The van der Waals surface area contributed by atoms with Crippen LogP contribution in [-0.2, 0) is 30.8 Å². The minimum atomic E-state index is -3.87. The highest BCUT2D eigenvalue weighted by atomic mass is 35.5. The summed E-state index contributed by atoms with van der Waals surface area (Å²) in [7, 11) is -3.87. The predicted molar refractivity (Wildman–Crippen MR) is 122 cm³/mol. The molecule has 0 bridgehead atoms. The molecule has 3 rings (SSSR count). The molecular formula is C22H26ClFN2O6S. The van der Waals surface area contributed by atoms with Gasteiger partial charge in [-0.2, -0.15) is 0 Å². The number of pyridine rings is 1. The Morgan fingerprint density at radius 1 is 1.36 bits per heavy atom. The van der Waals surface area contributed by atoms with Gasteiger partial charge in [0.2, 0.25) is 0 Å². The van der Waals surface area contributed by atoms with Gasteiger partial charge in [-0.15, -0.1) is 0 Å². The number of rotatable bonds is 8. The highest BCUT2D eigenvalue weighted by Gasteiger charge is 2.44. The van der Waals surface area contributed by atoms with E-state index in [0.717, 1.165) is 19.1 Å². The molecule has 11 heteroatoms. The molecule has 0 saturated carbocycles. The Balaban J connectivity index is 1.74. The van der Waals surface area contributed by atoms with Gasteiger partial charge >= 0.3 is 0 Å². The number of benzene rings is 1. The molecule has 2 atom stereocenters. The number of nitrogens with one attached hydrogen (secondary N) is 1. The average Bonchev–Trinajstić information content (AvgIpc) is 2.78. The number of nitrogens with zero attached hydrogens (tertiary/aromatic N) is 1. The Morgan fingerprint density at radius 3 is 2.76 bits per heavy atom. The largest absolute Gasteiger partial charge is 0.350 e. The number of amides is 1. The van der Waals surface area contributed by atoms with Gasteiger partial charge in [0.1, 0.15) is 5.82 Å². The molecule has 1 aliphatic rings. The predicted octanol–water partition coefficient (Wildman–Crippen LogP) is 3.08. The second kappa shape index (κ2) is 10.3. The summed E-state index contributed by atoms with van der Waals surface area (Å²) in [5, 5.41) is -0.0625. The maximum atomic E-state index is 14.3. The van der Waals surface area contributed by atoms with Crippen molar-refractivity contribution in [2.24, 2.45) is 0 Å². The van der Waals surface area contributed by atoms with Gasteiger partial charge in [0.15, 0.2) is 20.9 Å². The molecule has 33 heavy (non-hydrogen) atoms. The van der Waals surface area contributed by atoms with E-state index in [2.05, 4.69) is 5.48 Å². The summed E-state index contributed by atoms with van der Waals surface area (Å²) in [6, 6.07) is 7.24. The third kappa shape index (κ3) is 5.81. The van der Waals surface area contributed by atoms with Crippen molar-refractivity contribution in [3.05, 3.63) is 57.7 Å². The number of carbonyl (C=O) groups excluding carboxylic acids is 1. The molecule has 1 aliphatic heterocycles. The fraction of sp³-hybridized carbons (Fsp3) is 0.455. The van der Waals surface area contributed by atoms with Crippen LogP contribution in [0.1, 0.15) is 32.6 Å². The van der Waals surface area contributed by atoms with Crippen molar-refractivity contribution in [1.82, 2.24) is 10.0 Å². The van der Waals surface area contributed by atoms with E-state index >= 15 is 0 Å². The van der Waals surface area contributed by atoms with Crippen LogP contribution < -0.4 is 11.0 Å². The van der Waals surface area contributed by atoms with Gasteiger partial charge in [-0.25, -0.2) is 23.1 Å². The summed E-state index contributed by atoms with van der Waals surface area (Å²) in [6.07, 6.45) is 3.92. The topological polar surface area (TPSA) is 104 Å². The highest BCUT2D eigenvalue weighted by Crippen LogP contribution is 2.27. The van der Waals surface area contributed by atoms with Crippen LogP contribution in [0.3, 0.4) is 0 Å². The lowest BCUT2D eigenvalue weighted by Gasteiger charge is -2.28. The van der Waals surface area contributed by atoms with Gasteiger partial charge in [0, 0.05) is 43.7 Å². The van der Waals surface area contributed by atoms with E-state index in [0.29, 0.717) is 18.6 Å². The normalized spacial score (nSPS) is 18.5. The fourth-order valence-corrected chi connectivity index (χ4v) is 4.43. The third-order valence-corrected chi connectivity index (χ3v) is 8.13. The minimum Gasteiger partial charge on any atom is -0.350 e. The van der Waals surface area contributed by atoms with Crippen LogP contribution in [0.4, 0.5) is 4.39 Å². The van der Waals surface area contributed by atoms with Crippen molar-refractivity contribution in [1.29, 1.82) is 0 Å². The molecule has 2 aromatic rings. The highest BCUT2D eigenvalue weighted by molar-refractivity contribution is 7.92. The van der Waals surface area contributed by atoms with Crippen LogP contribution in [0.2, 0.25) is 5.02 Å². The third-order valence-electron chi connectivity index (χ3n) is 5.81. The maximum Gasteiger partial charge on any atom is 0.264 e. The summed E-state index contributed by atoms with van der Waals surface area (Å²) < 4.78 is 44.0. The van der Waals surface area contributed by atoms with E-state index in [-0.39, 0.29) is 23.6 Å². The standard InChI is InChI=1S/C22H26ClFN2O6S/c1-22(33(2,29)30,21(28)25-32-19-8-3-4-13-31-19)10-12-26-11-9-15(14-18(26)27)16-6-5-7-17(23)20(16)24/h5-7,9,11,14,19H,3-4,8,10,12-13H2,1-2H3,(H,25,28)/t19?,22-/m1/s1. The molecule has 1 saturated heterocycles. The first-order chi connectivity index (χ1) is 15.5. The van der Waals surface area contributed by atoms with Gasteiger partial charge in [0.25, 0.3) is 11.5 Å². The van der Waals surface area contributed by atoms with Gasteiger partial charge in [-0.05, 0) is 43.9 Å². The lowest BCUT2D eigenvalue weighted by molar-refractivity contribution is -0.201. The van der Waals surface area contributed by atoms with Crippen LogP contribution in [0.25, 0.3) is 11.1 Å². The molecule has 0 spiro atoms. The second-order valence-electron chi connectivity index (χ2n) is 8.15. The first-order valence-corrected chi connectivity index (χ1v) is 12.7. The number of sulfone groups is 1. The molecule has 1 N–H and O–H groups in total. The van der Waals surface area contributed by atoms with Crippen LogP contribution in [-0.4, -0.2) is 42.8 Å². The van der Waals surface area contributed by atoms with E-state index in [4.69, 9.17) is 21.2 Å². The monoisotopic (exact) mass is 500 g/mol. The van der Waals surface area contributed by atoms with Gasteiger partial charge in [-0.3, -0.25) is 9.59 Å². The van der Waals surface area contributed by atoms with Gasteiger partial charge in [-0.1, -0.05) is 23.7 Å². The SMILES string of the molecule is C[C@@](CCn1ccc(-c2cccc(Cl)c2F)cc1=O)(C(=O)NOC1CCCCO1)S(C)(=O)=O. The Kier molecular flexibility index (Phi) is 7.94. The molecule has 180 valence electrons. The van der Waals surface area contributed by atoms with Crippen molar-refractivity contribution in [3.8, 4) is 11.1 Å². The quantitative estimate of drug-likeness (QED) is 0.559. The molecule has 1 aromatic carbocycles. The number of hydrogen-bond acceptors (Lipinski definition) is 6. The molecule has 8 nitrogen and oxygen atoms in total. The molecule has 0 radical (unpaired) electrons. The smallest absolute Gasteiger partial charge is 0.264 e. The van der Waals surface area contributed by atoms with Crippen LogP contribution in [0, 0.1) is 5.82 Å². The molecule has 1 fully saturated rings. The Morgan fingerprint density at radius 2 is 2.12 bits per heavy atom. The van der Waals surface area contributed by atoms with Crippen molar-refractivity contribution in [3.63, 3.8) is 0 Å². The first kappa shape index (κ1) is 25.4. The maximum absolute atomic E-state index is 14.3. The minimum absolute atomic E-state index is 0.0614. The number of halogens is 2. The van der Waals surface area contributed by atoms with Crippen LogP contribution in [0.15, 0.2) is 41.3 Å². The van der Waals surface area contributed by atoms with Gasteiger partial charge in [0.05, 0.1) is 5.02 Å². The van der Waals surface area contributed by atoms with Crippen molar-refractivity contribution >= 4 is 27.3 Å². The zero-order valence-corrected chi connectivity index (χ0v) is 19.9. The van der Waals surface area contributed by atoms with E-state index in [1.807, 2.05) is 0 Å². The molecule has 0 aliphatic carbocycles. The summed E-state index contributed by atoms with van der Waals surface area (Å²) in [6.45, 7) is 1.72. The lowest BCUT2D eigenvalue weighted by atomic mass is 10.1. The molecular weight excluding hydrogens is 475 g/mol. The number of aryl methyl sites for hydroxylation is 1. The summed E-state index contributed by atoms with van der Waals surface area (Å²) >= 11 is 5.81. The second-order valence-corrected chi connectivity index (χ2v) is 11.0. The first-order valence-electron chi connectivity index (χ1n) is 10.4. The number of hydroxylamine groups is 1. The Bertz CT molecular complexity index is 1180. The molecule has 1 amide bonds. The van der Waals surface area contributed by atoms with E-state index < -0.39 is 38.2 Å². The molecule has 1 aromatic heterocycles. The zero-order valence-electron chi connectivity index (χ0n) is 18.3. The van der Waals surface area contributed by atoms with Crippen molar-refractivity contribution in [2.75, 3.05) is 12.9 Å². The van der Waals surface area contributed by atoms with Crippen LogP contribution in [0.5, 0.6) is 0 Å². The number of ether oxygens (including phenoxy) is 1. The number of hydrogen-bond donors (Lipinski definition) is 1. The average molecular weight is 501 g/mol. The Hall–Kier alpha value is -2.27. The van der Waals surface area contributed by atoms with E-state index in [9.17, 15) is 22.4 Å². The summed E-state index contributed by atoms with van der Waals surface area (Å²) in [4.78, 5) is 30.6. The van der Waals surface area contributed by atoms with E-state index in [1.165, 1.54) is 42.0 Å².